The Bertz CT molecular complexity index is 374. The van der Waals surface area contributed by atoms with E-state index in [0.29, 0.717) is 6.04 Å². The lowest BCUT2D eigenvalue weighted by molar-refractivity contribution is 0.489. The lowest BCUT2D eigenvalue weighted by Gasteiger charge is -2.28. The van der Waals surface area contributed by atoms with Crippen LogP contribution >= 0.6 is 0 Å². The molecule has 2 rings (SSSR count). The molecule has 1 heterocycles. The minimum Gasteiger partial charge on any atom is -0.306 e. The van der Waals surface area contributed by atoms with Gasteiger partial charge in [0.2, 0.25) is 0 Å². The maximum atomic E-state index is 11.7. The van der Waals surface area contributed by atoms with Crippen molar-refractivity contribution in [1.29, 1.82) is 0 Å². The second kappa shape index (κ2) is 5.11. The monoisotopic (exact) mass is 237 g/mol. The molecule has 0 amide bonds. The van der Waals surface area contributed by atoms with Crippen LogP contribution in [0.5, 0.6) is 0 Å². The number of hydrogen-bond acceptors (Lipinski definition) is 2. The van der Waals surface area contributed by atoms with Crippen molar-refractivity contribution in [1.82, 2.24) is 5.32 Å². The number of nitrogens with one attached hydrogen (secondary N) is 1. The first kappa shape index (κ1) is 11.8. The summed E-state index contributed by atoms with van der Waals surface area (Å²) in [6.07, 6.45) is 1.07. The van der Waals surface area contributed by atoms with Crippen molar-refractivity contribution in [2.24, 2.45) is 0 Å². The van der Waals surface area contributed by atoms with Crippen molar-refractivity contribution in [2.45, 2.75) is 32.4 Å². The van der Waals surface area contributed by atoms with Gasteiger partial charge in [-0.15, -0.1) is 0 Å². The van der Waals surface area contributed by atoms with Crippen molar-refractivity contribution >= 4 is 10.8 Å². The highest BCUT2D eigenvalue weighted by Gasteiger charge is 2.23. The van der Waals surface area contributed by atoms with Gasteiger partial charge in [-0.05, 0) is 24.5 Å². The zero-order valence-electron chi connectivity index (χ0n) is 9.90. The Hall–Kier alpha value is -0.670. The fourth-order valence-electron chi connectivity index (χ4n) is 2.15. The molecule has 0 bridgehead atoms. The highest BCUT2D eigenvalue weighted by molar-refractivity contribution is 7.85. The molecule has 2 nitrogen and oxygen atoms in total. The van der Waals surface area contributed by atoms with E-state index >= 15 is 0 Å². The molecule has 1 aromatic carbocycles. The van der Waals surface area contributed by atoms with E-state index in [1.165, 1.54) is 11.1 Å². The number of rotatable bonds is 2. The largest absolute Gasteiger partial charge is 0.306 e. The predicted molar refractivity (Wildman–Crippen MR) is 69.0 cm³/mol. The standard InChI is InChI=1S/C13H19NOS/c1-3-11-4-6-12(7-5-11)13-9-16(15)8-10(2)14-13/h4-7,10,13-14H,3,8-9H2,1-2H3. The van der Waals surface area contributed by atoms with Gasteiger partial charge in [0.1, 0.15) is 0 Å². The molecule has 1 N–H and O–H groups in total. The molecule has 16 heavy (non-hydrogen) atoms. The molecule has 3 unspecified atom stereocenters. The fourth-order valence-corrected chi connectivity index (χ4v) is 3.60. The van der Waals surface area contributed by atoms with Gasteiger partial charge in [-0.3, -0.25) is 4.21 Å². The molecule has 3 atom stereocenters. The van der Waals surface area contributed by atoms with Gasteiger partial charge in [-0.25, -0.2) is 0 Å². The van der Waals surface area contributed by atoms with Crippen LogP contribution in [0.4, 0.5) is 0 Å². The van der Waals surface area contributed by atoms with E-state index in [0.717, 1.165) is 17.9 Å². The Labute approximate surface area is 99.9 Å². The summed E-state index contributed by atoms with van der Waals surface area (Å²) in [4.78, 5) is 0. The minimum absolute atomic E-state index is 0.260. The highest BCUT2D eigenvalue weighted by Crippen LogP contribution is 2.19. The summed E-state index contributed by atoms with van der Waals surface area (Å²) < 4.78 is 11.7. The van der Waals surface area contributed by atoms with Crippen LogP contribution in [0, 0.1) is 0 Å². The first-order valence-corrected chi connectivity index (χ1v) is 7.37. The van der Waals surface area contributed by atoms with Gasteiger partial charge in [-0.2, -0.15) is 0 Å². The predicted octanol–water partition coefficient (Wildman–Crippen LogP) is 2.03. The van der Waals surface area contributed by atoms with E-state index in [1.807, 2.05) is 0 Å². The van der Waals surface area contributed by atoms with Gasteiger partial charge < -0.3 is 5.32 Å². The summed E-state index contributed by atoms with van der Waals surface area (Å²) in [6, 6.07) is 9.26. The molecular formula is C13H19NOS. The summed E-state index contributed by atoms with van der Waals surface area (Å²) in [5, 5.41) is 3.51. The zero-order chi connectivity index (χ0) is 11.5. The Balaban J connectivity index is 2.13. The lowest BCUT2D eigenvalue weighted by Crippen LogP contribution is -2.43. The van der Waals surface area contributed by atoms with E-state index in [9.17, 15) is 4.21 Å². The molecule has 0 aliphatic carbocycles. The van der Waals surface area contributed by atoms with Crippen LogP contribution in [0.3, 0.4) is 0 Å². The van der Waals surface area contributed by atoms with Gasteiger partial charge in [0.25, 0.3) is 0 Å². The van der Waals surface area contributed by atoms with Crippen LogP contribution in [-0.2, 0) is 17.2 Å². The Morgan fingerprint density at radius 1 is 1.31 bits per heavy atom. The maximum absolute atomic E-state index is 11.7. The second-order valence-corrected chi connectivity index (χ2v) is 6.03. The Morgan fingerprint density at radius 2 is 2.00 bits per heavy atom. The van der Waals surface area contributed by atoms with Crippen LogP contribution in [0.25, 0.3) is 0 Å². The first-order valence-electron chi connectivity index (χ1n) is 5.89. The van der Waals surface area contributed by atoms with Gasteiger partial charge >= 0.3 is 0 Å². The van der Waals surface area contributed by atoms with Crippen molar-refractivity contribution in [3.63, 3.8) is 0 Å². The van der Waals surface area contributed by atoms with Crippen LogP contribution in [-0.4, -0.2) is 21.8 Å². The second-order valence-electron chi connectivity index (χ2n) is 4.49. The van der Waals surface area contributed by atoms with E-state index in [2.05, 4.69) is 43.4 Å². The smallest absolute Gasteiger partial charge is 0.0439 e. The van der Waals surface area contributed by atoms with Gasteiger partial charge in [-0.1, -0.05) is 31.2 Å². The van der Waals surface area contributed by atoms with Gasteiger partial charge in [0.05, 0.1) is 0 Å². The van der Waals surface area contributed by atoms with Crippen LogP contribution in [0.15, 0.2) is 24.3 Å². The molecule has 0 spiro atoms. The molecule has 1 aliphatic rings. The van der Waals surface area contributed by atoms with Crippen LogP contribution in [0.1, 0.15) is 31.0 Å². The van der Waals surface area contributed by atoms with Gasteiger partial charge in [0.15, 0.2) is 0 Å². The number of hydrogen-bond donors (Lipinski definition) is 1. The summed E-state index contributed by atoms with van der Waals surface area (Å²) >= 11 is 0. The fraction of sp³-hybridized carbons (Fsp3) is 0.538. The average molecular weight is 237 g/mol. The third-order valence-corrected chi connectivity index (χ3v) is 4.64. The highest BCUT2D eigenvalue weighted by atomic mass is 32.2. The first-order chi connectivity index (χ1) is 7.69. The van der Waals surface area contributed by atoms with Crippen molar-refractivity contribution in [3.05, 3.63) is 35.4 Å². The quantitative estimate of drug-likeness (QED) is 0.853. The molecule has 0 radical (unpaired) electrons. The summed E-state index contributed by atoms with van der Waals surface area (Å²) in [5.41, 5.74) is 2.62. The Kier molecular flexibility index (Phi) is 3.77. The summed E-state index contributed by atoms with van der Waals surface area (Å²) in [6.45, 7) is 4.26. The molecule has 1 aliphatic heterocycles. The molecule has 1 saturated heterocycles. The third kappa shape index (κ3) is 2.71. The molecule has 3 heteroatoms. The molecule has 1 fully saturated rings. The average Bonchev–Trinajstić information content (AvgIpc) is 2.28. The van der Waals surface area contributed by atoms with E-state index in [4.69, 9.17) is 0 Å². The van der Waals surface area contributed by atoms with E-state index < -0.39 is 10.8 Å². The molecule has 0 aromatic heterocycles. The SMILES string of the molecule is CCc1ccc(C2CS(=O)CC(C)N2)cc1. The zero-order valence-corrected chi connectivity index (χ0v) is 10.7. The molecule has 1 aromatic rings. The van der Waals surface area contributed by atoms with Crippen molar-refractivity contribution < 1.29 is 4.21 Å². The van der Waals surface area contributed by atoms with Crippen LogP contribution < -0.4 is 5.32 Å². The van der Waals surface area contributed by atoms with Gasteiger partial charge in [0, 0.05) is 34.4 Å². The van der Waals surface area contributed by atoms with E-state index in [1.54, 1.807) is 0 Å². The van der Waals surface area contributed by atoms with E-state index in [-0.39, 0.29) is 6.04 Å². The topological polar surface area (TPSA) is 29.1 Å². The summed E-state index contributed by atoms with van der Waals surface area (Å²) in [7, 11) is -0.670. The molecule has 0 saturated carbocycles. The Morgan fingerprint density at radius 3 is 2.56 bits per heavy atom. The lowest BCUT2D eigenvalue weighted by atomic mass is 10.0. The number of benzene rings is 1. The maximum Gasteiger partial charge on any atom is 0.0439 e. The molecule has 88 valence electrons. The third-order valence-electron chi connectivity index (χ3n) is 3.06. The van der Waals surface area contributed by atoms with Crippen molar-refractivity contribution in [2.75, 3.05) is 11.5 Å². The van der Waals surface area contributed by atoms with Crippen molar-refractivity contribution in [3.8, 4) is 0 Å². The molecular weight excluding hydrogens is 218 g/mol. The normalized spacial score (nSPS) is 30.2. The summed E-state index contributed by atoms with van der Waals surface area (Å²) in [5.74, 6) is 1.53. The minimum atomic E-state index is -0.670. The van der Waals surface area contributed by atoms with Crippen LogP contribution in [0.2, 0.25) is 0 Å². The number of aryl methyl sites for hydroxylation is 1.